The third kappa shape index (κ3) is 4.21. The van der Waals surface area contributed by atoms with Crippen LogP contribution in [-0.4, -0.2) is 69.0 Å². The van der Waals surface area contributed by atoms with Gasteiger partial charge in [0, 0.05) is 17.6 Å². The van der Waals surface area contributed by atoms with Crippen molar-refractivity contribution < 1.29 is 31.8 Å². The maximum atomic E-state index is 13.2. The number of sulfonamides is 1. The summed E-state index contributed by atoms with van der Waals surface area (Å²) in [6, 6.07) is 9.32. The van der Waals surface area contributed by atoms with Crippen LogP contribution < -0.4 is 4.74 Å². The largest absolute Gasteiger partial charge is 0.495 e. The van der Waals surface area contributed by atoms with Crippen molar-refractivity contribution in [3.05, 3.63) is 58.4 Å². The van der Waals surface area contributed by atoms with E-state index < -0.39 is 50.4 Å². The van der Waals surface area contributed by atoms with Gasteiger partial charge in [0.15, 0.2) is 15.5 Å². The van der Waals surface area contributed by atoms with Crippen LogP contribution in [0, 0.1) is 6.57 Å². The number of hydrogen-bond acceptors (Lipinski definition) is 7. The zero-order chi connectivity index (χ0) is 23.0. The minimum absolute atomic E-state index is 0.0444. The van der Waals surface area contributed by atoms with Crippen molar-refractivity contribution in [2.45, 2.75) is 20.6 Å². The molecular formula is C19H19BrN2O7S2. The Morgan fingerprint density at radius 1 is 1.23 bits per heavy atom. The number of β-amino-alcohol motifs (C(OH)–C–C–N with tert-alkyl or cyclic N) is 1. The lowest BCUT2D eigenvalue weighted by Crippen LogP contribution is -2.49. The van der Waals surface area contributed by atoms with E-state index in [0.717, 1.165) is 4.31 Å². The Morgan fingerprint density at radius 3 is 2.42 bits per heavy atom. The predicted octanol–water partition coefficient (Wildman–Crippen LogP) is 1.58. The van der Waals surface area contributed by atoms with Gasteiger partial charge in [-0.25, -0.2) is 21.7 Å². The molecule has 1 heterocycles. The predicted molar refractivity (Wildman–Crippen MR) is 115 cm³/mol. The van der Waals surface area contributed by atoms with E-state index in [4.69, 9.17) is 11.3 Å². The van der Waals surface area contributed by atoms with Gasteiger partial charge in [-0.15, -0.1) is 0 Å². The molecule has 1 aliphatic heterocycles. The number of aliphatic hydroxyl groups excluding tert-OH is 1. The van der Waals surface area contributed by atoms with Gasteiger partial charge in [-0.2, -0.15) is 4.31 Å². The fraction of sp³-hybridized carbons (Fsp3) is 0.316. The summed E-state index contributed by atoms with van der Waals surface area (Å²) in [5, 5.41) is 19.0. The fourth-order valence-corrected chi connectivity index (χ4v) is 7.45. The molecule has 0 spiro atoms. The van der Waals surface area contributed by atoms with Crippen LogP contribution in [0.3, 0.4) is 0 Å². The third-order valence-electron chi connectivity index (χ3n) is 5.11. The van der Waals surface area contributed by atoms with Crippen LogP contribution >= 0.6 is 15.9 Å². The molecule has 2 atom stereocenters. The van der Waals surface area contributed by atoms with Gasteiger partial charge in [0.25, 0.3) is 0 Å². The molecule has 0 aromatic heterocycles. The first kappa shape index (κ1) is 23.6. The van der Waals surface area contributed by atoms with E-state index >= 15 is 0 Å². The second-order valence-corrected chi connectivity index (χ2v) is 11.9. The van der Waals surface area contributed by atoms with E-state index in [9.17, 15) is 27.0 Å². The van der Waals surface area contributed by atoms with Crippen LogP contribution in [0.4, 0.5) is 5.69 Å². The number of nitrogens with zero attached hydrogens (tertiary/aromatic N) is 2. The first-order valence-electron chi connectivity index (χ1n) is 8.88. The van der Waals surface area contributed by atoms with Crippen molar-refractivity contribution in [1.29, 1.82) is 0 Å². The van der Waals surface area contributed by atoms with Crippen molar-refractivity contribution >= 4 is 41.5 Å². The summed E-state index contributed by atoms with van der Waals surface area (Å²) in [4.78, 5) is 2.82. The molecule has 1 saturated heterocycles. The molecule has 12 heteroatoms. The highest BCUT2D eigenvalue weighted by Gasteiger charge is 2.55. The van der Waals surface area contributed by atoms with E-state index in [0.29, 0.717) is 4.47 Å². The lowest BCUT2D eigenvalue weighted by molar-refractivity contribution is 0.00159. The minimum atomic E-state index is -4.25. The Labute approximate surface area is 188 Å². The molecular weight excluding hydrogens is 512 g/mol. The molecule has 2 aromatic carbocycles. The summed E-state index contributed by atoms with van der Waals surface area (Å²) < 4.78 is 59.4. The Hall–Kier alpha value is -2.01. The quantitative estimate of drug-likeness (QED) is 0.543. The van der Waals surface area contributed by atoms with Gasteiger partial charge in [-0.05, 0) is 18.2 Å². The Bertz CT molecular complexity index is 1240. The van der Waals surface area contributed by atoms with E-state index in [1.807, 2.05) is 0 Å². The topological polar surface area (TPSA) is 126 Å². The van der Waals surface area contributed by atoms with Gasteiger partial charge in [0.1, 0.15) is 21.5 Å². The van der Waals surface area contributed by atoms with Crippen molar-refractivity contribution in [3.8, 4) is 5.75 Å². The number of benzene rings is 2. The summed E-state index contributed by atoms with van der Waals surface area (Å²) in [6.45, 7) is 4.83. The lowest BCUT2D eigenvalue weighted by atomic mass is 10.1. The maximum Gasteiger partial charge on any atom is 0.246 e. The zero-order valence-electron chi connectivity index (χ0n) is 16.3. The molecule has 0 saturated carbocycles. The molecule has 2 N–H and O–H groups in total. The molecule has 3 rings (SSSR count). The van der Waals surface area contributed by atoms with Gasteiger partial charge in [-0.3, -0.25) is 0 Å². The van der Waals surface area contributed by atoms with Crippen LogP contribution in [0.15, 0.2) is 56.7 Å². The number of sulfone groups is 1. The smallest absolute Gasteiger partial charge is 0.246 e. The molecule has 166 valence electrons. The molecule has 31 heavy (non-hydrogen) atoms. The Balaban J connectivity index is 2.03. The van der Waals surface area contributed by atoms with E-state index in [1.165, 1.54) is 49.6 Å². The van der Waals surface area contributed by atoms with Crippen LogP contribution in [0.2, 0.25) is 0 Å². The summed E-state index contributed by atoms with van der Waals surface area (Å²) in [5.41, 5.74) is -1.98. The summed E-state index contributed by atoms with van der Waals surface area (Å²) in [5.74, 6) is 0.0444. The molecule has 9 nitrogen and oxygen atoms in total. The summed E-state index contributed by atoms with van der Waals surface area (Å²) in [7, 11) is -7.19. The van der Waals surface area contributed by atoms with E-state index in [1.54, 1.807) is 0 Å². The minimum Gasteiger partial charge on any atom is -0.495 e. The highest BCUT2D eigenvalue weighted by atomic mass is 79.9. The number of rotatable bonds is 6. The van der Waals surface area contributed by atoms with Gasteiger partial charge >= 0.3 is 0 Å². The normalized spacial score (nSPS) is 22.2. The number of methoxy groups -OCH3 is 1. The fourth-order valence-electron chi connectivity index (χ4n) is 3.42. The monoisotopic (exact) mass is 530 g/mol. The molecule has 1 aliphatic rings. The second kappa shape index (κ2) is 8.50. The summed E-state index contributed by atoms with van der Waals surface area (Å²) in [6.07, 6.45) is 0. The SMILES string of the molecule is [C-]#[N+]c1ccc(S(=O)(=O)[C@H]2CN(S(=O)(=O)c3ccc(Br)cc3OC)C[C@@]2(O)CO)cc1. The highest BCUT2D eigenvalue weighted by Crippen LogP contribution is 2.37. The van der Waals surface area contributed by atoms with Crippen LogP contribution in [0.25, 0.3) is 4.85 Å². The number of ether oxygens (including phenoxy) is 1. The first-order chi connectivity index (χ1) is 14.5. The standard InChI is InChI=1S/C19H19BrN2O7S2/c1-21-14-4-6-15(7-5-14)30(25,26)18-10-22(11-19(18,24)12-23)31(27,28)17-8-3-13(20)9-16(17)29-2/h3-9,18,23-24H,10-12H2,2H3/t18-,19+/m0/s1. The van der Waals surface area contributed by atoms with Crippen molar-refractivity contribution in [3.63, 3.8) is 0 Å². The molecule has 0 unspecified atom stereocenters. The average Bonchev–Trinajstić information content (AvgIpc) is 3.13. The Kier molecular flexibility index (Phi) is 6.48. The summed E-state index contributed by atoms with van der Waals surface area (Å²) >= 11 is 3.23. The Morgan fingerprint density at radius 2 is 1.87 bits per heavy atom. The van der Waals surface area contributed by atoms with Crippen LogP contribution in [0.1, 0.15) is 0 Å². The zero-order valence-corrected chi connectivity index (χ0v) is 19.5. The van der Waals surface area contributed by atoms with E-state index in [-0.39, 0.29) is 21.2 Å². The van der Waals surface area contributed by atoms with Gasteiger partial charge in [0.2, 0.25) is 10.0 Å². The van der Waals surface area contributed by atoms with Crippen molar-refractivity contribution in [1.82, 2.24) is 4.31 Å². The van der Waals surface area contributed by atoms with Gasteiger partial charge in [-0.1, -0.05) is 40.2 Å². The number of aliphatic hydroxyl groups is 2. The van der Waals surface area contributed by atoms with Crippen LogP contribution in [0.5, 0.6) is 5.75 Å². The third-order valence-corrected chi connectivity index (χ3v) is 9.72. The molecule has 0 amide bonds. The highest BCUT2D eigenvalue weighted by molar-refractivity contribution is 9.10. The molecule has 0 radical (unpaired) electrons. The van der Waals surface area contributed by atoms with Gasteiger partial charge < -0.3 is 14.9 Å². The molecule has 0 aliphatic carbocycles. The van der Waals surface area contributed by atoms with Crippen molar-refractivity contribution in [2.75, 3.05) is 26.8 Å². The average molecular weight is 531 g/mol. The number of hydrogen-bond donors (Lipinski definition) is 2. The second-order valence-electron chi connectivity index (χ2n) is 6.99. The first-order valence-corrected chi connectivity index (χ1v) is 12.7. The molecule has 2 aromatic rings. The maximum absolute atomic E-state index is 13.2. The van der Waals surface area contributed by atoms with Crippen LogP contribution in [-0.2, 0) is 19.9 Å². The van der Waals surface area contributed by atoms with Crippen molar-refractivity contribution in [2.24, 2.45) is 0 Å². The molecule has 1 fully saturated rings. The molecule has 0 bridgehead atoms. The lowest BCUT2D eigenvalue weighted by Gasteiger charge is -2.26. The van der Waals surface area contributed by atoms with E-state index in [2.05, 4.69) is 20.8 Å². The van der Waals surface area contributed by atoms with Gasteiger partial charge in [0.05, 0.1) is 25.2 Å². The number of halogens is 1.